The maximum absolute atomic E-state index is 12.9. The fourth-order valence-corrected chi connectivity index (χ4v) is 4.29. The van der Waals surface area contributed by atoms with Crippen LogP contribution in [-0.4, -0.2) is 38.6 Å². The lowest BCUT2D eigenvalue weighted by molar-refractivity contribution is 0.0695. The van der Waals surface area contributed by atoms with Crippen LogP contribution in [0.25, 0.3) is 10.6 Å². The zero-order chi connectivity index (χ0) is 19.7. The van der Waals surface area contributed by atoms with Gasteiger partial charge < -0.3 is 14.6 Å². The van der Waals surface area contributed by atoms with E-state index in [1.165, 1.54) is 11.3 Å². The van der Waals surface area contributed by atoms with Crippen molar-refractivity contribution in [2.75, 3.05) is 13.1 Å². The van der Waals surface area contributed by atoms with Crippen LogP contribution in [-0.2, 0) is 13.0 Å². The largest absolute Gasteiger partial charge is 0.503 e. The minimum atomic E-state index is -0.563. The Morgan fingerprint density at radius 2 is 2.00 bits per heavy atom. The highest BCUT2D eigenvalue weighted by molar-refractivity contribution is 7.13. The Hall–Kier alpha value is -2.35. The Bertz CT molecular complexity index is 1080. The summed E-state index contributed by atoms with van der Waals surface area (Å²) in [6.07, 6.45) is 4.73. The van der Waals surface area contributed by atoms with E-state index >= 15 is 0 Å². The highest BCUT2D eigenvalue weighted by Gasteiger charge is 2.29. The maximum Gasteiger partial charge on any atom is 0.274 e. The van der Waals surface area contributed by atoms with Crippen molar-refractivity contribution in [2.24, 2.45) is 0 Å². The van der Waals surface area contributed by atoms with Crippen LogP contribution in [0.15, 0.2) is 46.8 Å². The number of amides is 1. The number of hydrogen-bond donors (Lipinski definition) is 1. The highest BCUT2D eigenvalue weighted by Crippen LogP contribution is 2.26. The molecule has 9 heteroatoms. The van der Waals surface area contributed by atoms with Crippen LogP contribution in [0.2, 0.25) is 5.02 Å². The summed E-state index contributed by atoms with van der Waals surface area (Å²) in [4.78, 5) is 31.2. The number of rotatable bonds is 5. The zero-order valence-corrected chi connectivity index (χ0v) is 17.8. The second kappa shape index (κ2) is 8.98. The lowest BCUT2D eigenvalue weighted by atomic mass is 10.1. The Morgan fingerprint density at radius 1 is 1.21 bits per heavy atom. The van der Waals surface area contributed by atoms with Crippen molar-refractivity contribution >= 4 is 41.3 Å². The first-order valence-electron chi connectivity index (χ1n) is 8.95. The fourth-order valence-electron chi connectivity index (χ4n) is 3.41. The van der Waals surface area contributed by atoms with Gasteiger partial charge in [0.15, 0.2) is 11.4 Å². The lowest BCUT2D eigenvalue weighted by Crippen LogP contribution is -2.42. The third kappa shape index (κ3) is 4.17. The van der Waals surface area contributed by atoms with E-state index in [4.69, 9.17) is 11.6 Å². The smallest absolute Gasteiger partial charge is 0.274 e. The van der Waals surface area contributed by atoms with E-state index in [9.17, 15) is 14.7 Å². The number of nitrogens with zero attached hydrogens (tertiary/aromatic N) is 3. The number of halogens is 2. The lowest BCUT2D eigenvalue weighted by Gasteiger charge is -2.30. The molecule has 0 saturated heterocycles. The Labute approximate surface area is 182 Å². The average Bonchev–Trinajstić information content (AvgIpc) is 3.22. The molecule has 152 valence electrons. The summed E-state index contributed by atoms with van der Waals surface area (Å²) in [6.45, 7) is 1.57. The molecule has 3 aromatic rings. The van der Waals surface area contributed by atoms with Crippen LogP contribution >= 0.6 is 35.3 Å². The molecule has 1 aromatic carbocycles. The van der Waals surface area contributed by atoms with Gasteiger partial charge in [-0.1, -0.05) is 29.8 Å². The molecule has 29 heavy (non-hydrogen) atoms. The molecule has 1 N–H and O–H groups in total. The average molecular weight is 452 g/mol. The molecule has 0 unspecified atom stereocenters. The normalized spacial score (nSPS) is 13.1. The molecule has 1 aliphatic heterocycles. The number of aromatic hydroxyl groups is 1. The van der Waals surface area contributed by atoms with Crippen molar-refractivity contribution in [3.63, 3.8) is 0 Å². The number of thiazole rings is 1. The third-order valence-corrected chi connectivity index (χ3v) is 6.03. The molecular weight excluding hydrogens is 433 g/mol. The molecular formula is C20H19Cl2N3O3S. The topological polar surface area (TPSA) is 75.4 Å². The van der Waals surface area contributed by atoms with Gasteiger partial charge in [0.25, 0.3) is 5.91 Å². The van der Waals surface area contributed by atoms with Gasteiger partial charge in [0, 0.05) is 42.4 Å². The van der Waals surface area contributed by atoms with Crippen LogP contribution in [0.5, 0.6) is 5.75 Å². The predicted octanol–water partition coefficient (Wildman–Crippen LogP) is 3.84. The van der Waals surface area contributed by atoms with Crippen molar-refractivity contribution in [3.8, 4) is 16.3 Å². The van der Waals surface area contributed by atoms with E-state index in [2.05, 4.69) is 4.98 Å². The van der Waals surface area contributed by atoms with Gasteiger partial charge in [-0.25, -0.2) is 4.98 Å². The van der Waals surface area contributed by atoms with Gasteiger partial charge in [0.1, 0.15) is 5.01 Å². The molecule has 2 aromatic heterocycles. The molecule has 0 aliphatic carbocycles. The van der Waals surface area contributed by atoms with Gasteiger partial charge >= 0.3 is 0 Å². The molecule has 0 radical (unpaired) electrons. The summed E-state index contributed by atoms with van der Waals surface area (Å²) >= 11 is 7.50. The third-order valence-electron chi connectivity index (χ3n) is 4.85. The predicted molar refractivity (Wildman–Crippen MR) is 116 cm³/mol. The van der Waals surface area contributed by atoms with Gasteiger partial charge in [-0.05, 0) is 24.5 Å². The SMILES string of the molecule is Cl.O=C1c2c(O)c(=O)c(-c3nccs3)cn2CCN1CCCc1ccccc1Cl. The molecule has 6 nitrogen and oxygen atoms in total. The van der Waals surface area contributed by atoms with Gasteiger partial charge in [-0.2, -0.15) is 0 Å². The zero-order valence-electron chi connectivity index (χ0n) is 15.4. The summed E-state index contributed by atoms with van der Waals surface area (Å²) < 4.78 is 1.65. The molecule has 0 atom stereocenters. The van der Waals surface area contributed by atoms with Crippen LogP contribution < -0.4 is 5.43 Å². The molecule has 0 spiro atoms. The number of benzene rings is 1. The molecule has 0 bridgehead atoms. The quantitative estimate of drug-likeness (QED) is 0.639. The van der Waals surface area contributed by atoms with E-state index in [-0.39, 0.29) is 24.0 Å². The highest BCUT2D eigenvalue weighted by atomic mass is 35.5. The van der Waals surface area contributed by atoms with E-state index in [0.717, 1.165) is 23.4 Å². The summed E-state index contributed by atoms with van der Waals surface area (Å²) in [5.41, 5.74) is 0.846. The Kier molecular flexibility index (Phi) is 6.62. The van der Waals surface area contributed by atoms with Crippen molar-refractivity contribution < 1.29 is 9.90 Å². The van der Waals surface area contributed by atoms with E-state index in [1.54, 1.807) is 27.2 Å². The second-order valence-corrected chi connectivity index (χ2v) is 7.89. The number of aromatic nitrogens is 2. The summed E-state index contributed by atoms with van der Waals surface area (Å²) in [6, 6.07) is 7.65. The van der Waals surface area contributed by atoms with E-state index < -0.39 is 11.2 Å². The molecule has 4 rings (SSSR count). The van der Waals surface area contributed by atoms with Gasteiger partial charge in [0.2, 0.25) is 5.43 Å². The number of aryl methyl sites for hydroxylation is 1. The molecule has 0 saturated carbocycles. The van der Waals surface area contributed by atoms with Crippen molar-refractivity contribution in [3.05, 3.63) is 68.5 Å². The van der Waals surface area contributed by atoms with Crippen LogP contribution in [0.1, 0.15) is 22.5 Å². The standard InChI is InChI=1S/C20H18ClN3O3S.ClH/c21-15-6-2-1-4-13(15)5-3-8-23-9-10-24-12-14(19-22-7-11-28-19)17(25)18(26)16(24)20(23)27;/h1-2,4,6-7,11-12,26H,3,5,8-10H2;1H. The van der Waals surface area contributed by atoms with Crippen molar-refractivity contribution in [2.45, 2.75) is 19.4 Å². The number of hydrogen-bond acceptors (Lipinski definition) is 5. The summed E-state index contributed by atoms with van der Waals surface area (Å²) in [5, 5.41) is 13.4. The van der Waals surface area contributed by atoms with Crippen molar-refractivity contribution in [1.29, 1.82) is 0 Å². The first kappa shape index (κ1) is 21.4. The molecule has 1 aliphatic rings. The van der Waals surface area contributed by atoms with E-state index in [1.807, 2.05) is 24.3 Å². The van der Waals surface area contributed by atoms with E-state index in [0.29, 0.717) is 30.2 Å². The number of pyridine rings is 1. The minimum absolute atomic E-state index is 0. The van der Waals surface area contributed by atoms with Crippen molar-refractivity contribution in [1.82, 2.24) is 14.5 Å². The number of carbonyl (C=O) groups is 1. The molecule has 0 fully saturated rings. The monoisotopic (exact) mass is 451 g/mol. The Morgan fingerprint density at radius 3 is 2.72 bits per heavy atom. The first-order valence-corrected chi connectivity index (χ1v) is 10.2. The van der Waals surface area contributed by atoms with Crippen LogP contribution in [0.3, 0.4) is 0 Å². The summed E-state index contributed by atoms with van der Waals surface area (Å²) in [5.74, 6) is -0.834. The fraction of sp³-hybridized carbons (Fsp3) is 0.250. The number of carbonyl (C=O) groups excluding carboxylic acids is 1. The van der Waals surface area contributed by atoms with Gasteiger partial charge in [-0.15, -0.1) is 23.7 Å². The molecule has 1 amide bonds. The van der Waals surface area contributed by atoms with Gasteiger partial charge in [-0.3, -0.25) is 9.59 Å². The van der Waals surface area contributed by atoms with Gasteiger partial charge in [0.05, 0.1) is 5.56 Å². The Balaban J connectivity index is 0.00000240. The first-order chi connectivity index (χ1) is 13.6. The molecule has 3 heterocycles. The second-order valence-electron chi connectivity index (χ2n) is 6.59. The van der Waals surface area contributed by atoms with Crippen LogP contribution in [0, 0.1) is 0 Å². The maximum atomic E-state index is 12.9. The van der Waals surface area contributed by atoms with Crippen LogP contribution in [0.4, 0.5) is 0 Å². The summed E-state index contributed by atoms with van der Waals surface area (Å²) in [7, 11) is 0. The minimum Gasteiger partial charge on any atom is -0.503 e. The number of fused-ring (bicyclic) bond motifs is 1.